The average molecular weight is 276 g/mol. The summed E-state index contributed by atoms with van der Waals surface area (Å²) >= 11 is 6.02. The fourth-order valence-electron chi connectivity index (χ4n) is 5.36. The van der Waals surface area contributed by atoms with Crippen molar-refractivity contribution in [3.05, 3.63) is 28.8 Å². The number of rotatable bonds is 2. The summed E-state index contributed by atoms with van der Waals surface area (Å²) in [6.07, 6.45) is 8.76. The first kappa shape index (κ1) is 12.1. The van der Waals surface area contributed by atoms with Crippen molar-refractivity contribution in [2.45, 2.75) is 38.5 Å². The summed E-state index contributed by atoms with van der Waals surface area (Å²) in [7, 11) is 0. The summed E-state index contributed by atoms with van der Waals surface area (Å²) in [5.41, 5.74) is 8.07. The summed E-state index contributed by atoms with van der Waals surface area (Å²) in [5.74, 6) is 5.03. The van der Waals surface area contributed by atoms with Gasteiger partial charge in [0.15, 0.2) is 0 Å². The lowest BCUT2D eigenvalue weighted by Gasteiger charge is -2.54. The topological polar surface area (TPSA) is 26.0 Å². The van der Waals surface area contributed by atoms with Crippen LogP contribution < -0.4 is 5.73 Å². The molecule has 0 amide bonds. The van der Waals surface area contributed by atoms with Gasteiger partial charge >= 0.3 is 0 Å². The Morgan fingerprint density at radius 1 is 1.00 bits per heavy atom. The van der Waals surface area contributed by atoms with Gasteiger partial charge in [-0.3, -0.25) is 0 Å². The van der Waals surface area contributed by atoms with Crippen LogP contribution in [0, 0.1) is 29.6 Å². The molecular weight excluding hydrogens is 254 g/mol. The van der Waals surface area contributed by atoms with Gasteiger partial charge < -0.3 is 5.73 Å². The molecule has 4 fully saturated rings. The van der Waals surface area contributed by atoms with Gasteiger partial charge in [-0.2, -0.15) is 0 Å². The van der Waals surface area contributed by atoms with Crippen LogP contribution in [-0.2, 0) is 6.42 Å². The van der Waals surface area contributed by atoms with Gasteiger partial charge in [-0.1, -0.05) is 17.7 Å². The molecule has 2 heteroatoms. The highest BCUT2D eigenvalue weighted by Crippen LogP contribution is 2.57. The fourth-order valence-corrected chi connectivity index (χ4v) is 5.48. The van der Waals surface area contributed by atoms with Gasteiger partial charge in [0.25, 0.3) is 0 Å². The van der Waals surface area contributed by atoms with E-state index in [2.05, 4.69) is 12.1 Å². The maximum Gasteiger partial charge on any atom is 0.0635 e. The molecule has 0 unspecified atom stereocenters. The van der Waals surface area contributed by atoms with Crippen molar-refractivity contribution in [2.24, 2.45) is 29.6 Å². The molecule has 4 saturated carbocycles. The third-order valence-electron chi connectivity index (χ3n) is 5.95. The van der Waals surface area contributed by atoms with Gasteiger partial charge in [-0.15, -0.1) is 0 Å². The molecule has 0 radical (unpaired) electrons. The van der Waals surface area contributed by atoms with E-state index in [0.29, 0.717) is 5.02 Å². The molecule has 1 nitrogen and oxygen atoms in total. The number of hydrogen-bond donors (Lipinski definition) is 1. The summed E-state index contributed by atoms with van der Waals surface area (Å²) in [4.78, 5) is 0. The highest BCUT2D eigenvalue weighted by Gasteiger charge is 2.47. The van der Waals surface area contributed by atoms with Crippen molar-refractivity contribution in [3.63, 3.8) is 0 Å². The summed E-state index contributed by atoms with van der Waals surface area (Å²) in [6, 6.07) is 6.22. The fraction of sp³-hybridized carbons (Fsp3) is 0.647. The minimum atomic E-state index is 0.689. The lowest BCUT2D eigenvalue weighted by Crippen LogP contribution is -2.45. The van der Waals surface area contributed by atoms with Crippen LogP contribution in [0.5, 0.6) is 0 Å². The average Bonchev–Trinajstić information content (AvgIpc) is 2.37. The van der Waals surface area contributed by atoms with Gasteiger partial charge in [0.05, 0.1) is 10.7 Å². The molecule has 0 spiro atoms. The van der Waals surface area contributed by atoms with Gasteiger partial charge in [-0.05, 0) is 85.8 Å². The van der Waals surface area contributed by atoms with E-state index in [1.807, 2.05) is 6.07 Å². The Balaban J connectivity index is 1.55. The molecule has 19 heavy (non-hydrogen) atoms. The maximum atomic E-state index is 6.02. The van der Waals surface area contributed by atoms with Crippen LogP contribution in [0.1, 0.15) is 37.7 Å². The highest BCUT2D eigenvalue weighted by molar-refractivity contribution is 6.33. The molecule has 102 valence electrons. The van der Waals surface area contributed by atoms with E-state index >= 15 is 0 Å². The van der Waals surface area contributed by atoms with Crippen molar-refractivity contribution >= 4 is 17.3 Å². The molecule has 0 heterocycles. The molecule has 0 aliphatic heterocycles. The molecule has 2 N–H and O–H groups in total. The van der Waals surface area contributed by atoms with Crippen molar-refractivity contribution in [3.8, 4) is 0 Å². The Hall–Kier alpha value is -0.690. The van der Waals surface area contributed by atoms with Crippen molar-refractivity contribution in [1.82, 2.24) is 0 Å². The largest absolute Gasteiger partial charge is 0.398 e. The quantitative estimate of drug-likeness (QED) is 0.788. The van der Waals surface area contributed by atoms with E-state index in [0.717, 1.165) is 35.3 Å². The Labute approximate surface area is 120 Å². The van der Waals surface area contributed by atoms with Crippen LogP contribution >= 0.6 is 11.6 Å². The number of halogens is 1. The van der Waals surface area contributed by atoms with E-state index in [1.165, 1.54) is 44.1 Å². The van der Waals surface area contributed by atoms with Crippen LogP contribution in [0.4, 0.5) is 5.69 Å². The first-order valence-corrected chi connectivity index (χ1v) is 8.10. The molecule has 0 aromatic heterocycles. The molecule has 4 aliphatic carbocycles. The van der Waals surface area contributed by atoms with Gasteiger partial charge in [-0.25, -0.2) is 0 Å². The molecule has 0 atom stereocenters. The van der Waals surface area contributed by atoms with Gasteiger partial charge in [0.2, 0.25) is 0 Å². The first-order chi connectivity index (χ1) is 9.19. The van der Waals surface area contributed by atoms with E-state index in [-0.39, 0.29) is 0 Å². The van der Waals surface area contributed by atoms with Crippen molar-refractivity contribution in [2.75, 3.05) is 5.73 Å². The molecule has 4 bridgehead atoms. The number of anilines is 1. The highest BCUT2D eigenvalue weighted by atomic mass is 35.5. The molecule has 0 saturated heterocycles. The van der Waals surface area contributed by atoms with Crippen molar-refractivity contribution in [1.29, 1.82) is 0 Å². The number of hydrogen-bond acceptors (Lipinski definition) is 1. The zero-order valence-corrected chi connectivity index (χ0v) is 12.1. The van der Waals surface area contributed by atoms with Crippen molar-refractivity contribution < 1.29 is 0 Å². The number of benzene rings is 1. The van der Waals surface area contributed by atoms with E-state index in [1.54, 1.807) is 0 Å². The SMILES string of the molecule is Nc1cc(CC2C3CC4CC(C3)CC2C4)ccc1Cl. The standard InChI is InChI=1S/C17H22ClN/c18-16-2-1-10(9-17(16)19)8-15-13-4-11-3-12(6-13)7-14(15)5-11/h1-2,9,11-15H,3-8,19H2. The third-order valence-corrected chi connectivity index (χ3v) is 6.30. The zero-order chi connectivity index (χ0) is 13.0. The summed E-state index contributed by atoms with van der Waals surface area (Å²) in [6.45, 7) is 0. The Kier molecular flexibility index (Phi) is 2.80. The minimum Gasteiger partial charge on any atom is -0.398 e. The smallest absolute Gasteiger partial charge is 0.0635 e. The molecule has 4 aliphatic rings. The molecule has 1 aromatic carbocycles. The first-order valence-electron chi connectivity index (χ1n) is 7.73. The second kappa shape index (κ2) is 4.41. The van der Waals surface area contributed by atoms with Gasteiger partial charge in [0, 0.05) is 0 Å². The Morgan fingerprint density at radius 2 is 1.63 bits per heavy atom. The number of nitrogen functional groups attached to an aromatic ring is 1. The maximum absolute atomic E-state index is 6.02. The molecule has 5 rings (SSSR count). The monoisotopic (exact) mass is 275 g/mol. The van der Waals surface area contributed by atoms with Crippen LogP contribution in [0.15, 0.2) is 18.2 Å². The normalized spacial score (nSPS) is 39.7. The lowest BCUT2D eigenvalue weighted by atomic mass is 9.51. The second-order valence-corrected chi connectivity index (χ2v) is 7.56. The predicted octanol–water partition coefficient (Wildman–Crippen LogP) is 4.54. The minimum absolute atomic E-state index is 0.689. The van der Waals surface area contributed by atoms with E-state index in [9.17, 15) is 0 Å². The second-order valence-electron chi connectivity index (χ2n) is 7.15. The number of nitrogens with two attached hydrogens (primary N) is 1. The predicted molar refractivity (Wildman–Crippen MR) is 80.1 cm³/mol. The van der Waals surface area contributed by atoms with Gasteiger partial charge in [0.1, 0.15) is 0 Å². The summed E-state index contributed by atoms with van der Waals surface area (Å²) in [5, 5.41) is 0.689. The Bertz CT molecular complexity index is 468. The van der Waals surface area contributed by atoms with E-state index in [4.69, 9.17) is 17.3 Å². The molecular formula is C17H22ClN. The summed E-state index contributed by atoms with van der Waals surface area (Å²) < 4.78 is 0. The Morgan fingerprint density at radius 3 is 2.21 bits per heavy atom. The third kappa shape index (κ3) is 2.07. The zero-order valence-electron chi connectivity index (χ0n) is 11.3. The molecule has 1 aromatic rings. The van der Waals surface area contributed by atoms with Crippen LogP contribution in [0.25, 0.3) is 0 Å². The van der Waals surface area contributed by atoms with E-state index < -0.39 is 0 Å². The van der Waals surface area contributed by atoms with Crippen LogP contribution in [0.2, 0.25) is 5.02 Å². The lowest BCUT2D eigenvalue weighted by molar-refractivity contribution is -0.0359. The van der Waals surface area contributed by atoms with Crippen LogP contribution in [0.3, 0.4) is 0 Å². The van der Waals surface area contributed by atoms with Crippen LogP contribution in [-0.4, -0.2) is 0 Å².